The Morgan fingerprint density at radius 1 is 0.786 bits per heavy atom. The molecule has 0 radical (unpaired) electrons. The van der Waals surface area contributed by atoms with Crippen LogP contribution in [0.4, 0.5) is 0 Å². The Balaban J connectivity index is 2.31. The highest BCUT2D eigenvalue weighted by Crippen LogP contribution is 2.50. The lowest BCUT2D eigenvalue weighted by Gasteiger charge is -2.41. The fourth-order valence-corrected chi connectivity index (χ4v) is 3.48. The molecule has 1 aromatic carbocycles. The summed E-state index contributed by atoms with van der Waals surface area (Å²) in [7, 11) is 0. The molecule has 0 saturated carbocycles. The van der Waals surface area contributed by atoms with E-state index in [0.29, 0.717) is 0 Å². The van der Waals surface area contributed by atoms with E-state index in [1.807, 2.05) is 0 Å². The zero-order chi connectivity index (χ0) is 10.0. The highest BCUT2D eigenvalue weighted by atomic mass is 14.4. The summed E-state index contributed by atoms with van der Waals surface area (Å²) in [6.07, 6.45) is 2.66. The molecule has 0 nitrogen and oxygen atoms in total. The molecule has 0 saturated heterocycles. The minimum Gasteiger partial charge on any atom is -0.0581 e. The third-order valence-corrected chi connectivity index (χ3v) is 4.40. The first kappa shape index (κ1) is 8.52. The fraction of sp³-hybridized carbons (Fsp3) is 0.571. The number of hydrogen-bond donors (Lipinski definition) is 0. The van der Waals surface area contributed by atoms with Crippen LogP contribution in [0.1, 0.15) is 59.1 Å². The maximum atomic E-state index is 2.38. The largest absolute Gasteiger partial charge is 0.0581 e. The van der Waals surface area contributed by atoms with Crippen LogP contribution in [0, 0.1) is 13.8 Å². The van der Waals surface area contributed by atoms with Crippen molar-refractivity contribution in [2.24, 2.45) is 0 Å². The minimum absolute atomic E-state index is 0.821. The van der Waals surface area contributed by atoms with Crippen molar-refractivity contribution >= 4 is 0 Å². The van der Waals surface area contributed by atoms with E-state index in [1.54, 1.807) is 33.4 Å². The Morgan fingerprint density at radius 3 is 1.93 bits per heavy atom. The van der Waals surface area contributed by atoms with Crippen LogP contribution in [0.15, 0.2) is 0 Å². The molecule has 0 N–H and O–H groups in total. The number of benzene rings is 1. The van der Waals surface area contributed by atoms with E-state index in [4.69, 9.17) is 0 Å². The molecule has 0 fully saturated rings. The van der Waals surface area contributed by atoms with Gasteiger partial charge in [0.05, 0.1) is 0 Å². The predicted octanol–water partition coefficient (Wildman–Crippen LogP) is 3.62. The molecular formula is C14H18. The van der Waals surface area contributed by atoms with Crippen molar-refractivity contribution in [1.82, 2.24) is 0 Å². The second-order valence-corrected chi connectivity index (χ2v) is 5.24. The molecule has 2 aliphatic rings. The Bertz CT molecular complexity index is 401. The lowest BCUT2D eigenvalue weighted by atomic mass is 9.63. The molecule has 0 amide bonds. The molecule has 2 aliphatic carbocycles. The van der Waals surface area contributed by atoms with Crippen molar-refractivity contribution in [1.29, 1.82) is 0 Å². The zero-order valence-electron chi connectivity index (χ0n) is 9.57. The summed E-state index contributed by atoms with van der Waals surface area (Å²) in [5.74, 6) is 1.66. The highest BCUT2D eigenvalue weighted by molar-refractivity contribution is 5.62. The van der Waals surface area contributed by atoms with Crippen molar-refractivity contribution in [2.75, 3.05) is 0 Å². The fourth-order valence-electron chi connectivity index (χ4n) is 3.48. The van der Waals surface area contributed by atoms with Gasteiger partial charge < -0.3 is 0 Å². The van der Waals surface area contributed by atoms with Crippen LogP contribution in [-0.4, -0.2) is 0 Å². The van der Waals surface area contributed by atoms with E-state index in [2.05, 4.69) is 27.7 Å². The second-order valence-electron chi connectivity index (χ2n) is 5.24. The molecule has 0 bridgehead atoms. The lowest BCUT2D eigenvalue weighted by molar-refractivity contribution is 0.582. The normalized spacial score (nSPS) is 27.4. The van der Waals surface area contributed by atoms with Crippen LogP contribution in [-0.2, 0) is 12.8 Å². The van der Waals surface area contributed by atoms with Gasteiger partial charge in [-0.05, 0) is 71.9 Å². The van der Waals surface area contributed by atoms with Gasteiger partial charge in [0, 0.05) is 0 Å². The van der Waals surface area contributed by atoms with Crippen LogP contribution in [0.2, 0.25) is 0 Å². The summed E-state index contributed by atoms with van der Waals surface area (Å²) < 4.78 is 0. The van der Waals surface area contributed by atoms with Crippen LogP contribution in [0.5, 0.6) is 0 Å². The lowest BCUT2D eigenvalue weighted by Crippen LogP contribution is -2.28. The van der Waals surface area contributed by atoms with E-state index in [9.17, 15) is 0 Å². The summed E-state index contributed by atoms with van der Waals surface area (Å²) in [6, 6.07) is 0. The zero-order valence-corrected chi connectivity index (χ0v) is 9.57. The molecule has 14 heavy (non-hydrogen) atoms. The van der Waals surface area contributed by atoms with Gasteiger partial charge in [0.1, 0.15) is 0 Å². The van der Waals surface area contributed by atoms with E-state index >= 15 is 0 Å². The summed E-state index contributed by atoms with van der Waals surface area (Å²) in [4.78, 5) is 0. The first-order valence-electron chi connectivity index (χ1n) is 5.76. The third-order valence-electron chi connectivity index (χ3n) is 4.40. The van der Waals surface area contributed by atoms with Gasteiger partial charge in [0.15, 0.2) is 0 Å². The van der Waals surface area contributed by atoms with Gasteiger partial charge in [0.2, 0.25) is 0 Å². The molecule has 0 aliphatic heterocycles. The van der Waals surface area contributed by atoms with Gasteiger partial charge in [0.25, 0.3) is 0 Å². The van der Waals surface area contributed by atoms with Gasteiger partial charge in [-0.2, -0.15) is 0 Å². The second kappa shape index (κ2) is 2.42. The predicted molar refractivity (Wildman–Crippen MR) is 60.2 cm³/mol. The number of rotatable bonds is 0. The summed E-state index contributed by atoms with van der Waals surface area (Å²) >= 11 is 0. The Kier molecular flexibility index (Phi) is 1.47. The molecule has 0 heteroatoms. The minimum atomic E-state index is 0.821. The molecule has 1 aromatic rings. The molecule has 0 aromatic heterocycles. The van der Waals surface area contributed by atoms with E-state index in [0.717, 1.165) is 11.8 Å². The maximum Gasteiger partial charge on any atom is -0.0144 e. The Labute approximate surface area is 86.3 Å². The SMILES string of the molecule is Cc1c(C)c2c(c3c1CC3C)CC2C. The smallest absolute Gasteiger partial charge is 0.0144 e. The maximum absolute atomic E-state index is 2.38. The van der Waals surface area contributed by atoms with E-state index < -0.39 is 0 Å². The first-order chi connectivity index (χ1) is 6.61. The van der Waals surface area contributed by atoms with Crippen LogP contribution in [0.25, 0.3) is 0 Å². The highest BCUT2D eigenvalue weighted by Gasteiger charge is 2.36. The van der Waals surface area contributed by atoms with E-state index in [1.165, 1.54) is 12.8 Å². The molecule has 2 atom stereocenters. The molecular weight excluding hydrogens is 168 g/mol. The Hall–Kier alpha value is -0.780. The van der Waals surface area contributed by atoms with Crippen molar-refractivity contribution in [3.05, 3.63) is 33.4 Å². The van der Waals surface area contributed by atoms with Gasteiger partial charge >= 0.3 is 0 Å². The summed E-state index contributed by atoms with van der Waals surface area (Å²) in [5, 5.41) is 0. The van der Waals surface area contributed by atoms with Crippen molar-refractivity contribution in [2.45, 2.75) is 52.4 Å². The van der Waals surface area contributed by atoms with Crippen LogP contribution in [0.3, 0.4) is 0 Å². The van der Waals surface area contributed by atoms with Crippen molar-refractivity contribution in [3.63, 3.8) is 0 Å². The monoisotopic (exact) mass is 186 g/mol. The molecule has 0 spiro atoms. The average Bonchev–Trinajstić information content (AvgIpc) is 2.10. The molecule has 74 valence electrons. The van der Waals surface area contributed by atoms with Crippen LogP contribution >= 0.6 is 0 Å². The van der Waals surface area contributed by atoms with Crippen molar-refractivity contribution < 1.29 is 0 Å². The summed E-state index contributed by atoms with van der Waals surface area (Å²) in [6.45, 7) is 9.36. The van der Waals surface area contributed by atoms with Crippen LogP contribution < -0.4 is 0 Å². The summed E-state index contributed by atoms with van der Waals surface area (Å²) in [5.41, 5.74) is 9.98. The standard InChI is InChI=1S/C14H18/c1-7-6-12-13(7)10(4)9(3)11-5-8(2)14(11)12/h7-8H,5-6H2,1-4H3. The van der Waals surface area contributed by atoms with Gasteiger partial charge in [-0.25, -0.2) is 0 Å². The topological polar surface area (TPSA) is 0 Å². The third kappa shape index (κ3) is 0.762. The van der Waals surface area contributed by atoms with E-state index in [-0.39, 0.29) is 0 Å². The number of fused-ring (bicyclic) bond motifs is 3. The molecule has 0 heterocycles. The number of hydrogen-bond acceptors (Lipinski definition) is 0. The quantitative estimate of drug-likeness (QED) is 0.580. The Morgan fingerprint density at radius 2 is 1.36 bits per heavy atom. The molecule has 2 unspecified atom stereocenters. The average molecular weight is 186 g/mol. The first-order valence-corrected chi connectivity index (χ1v) is 5.76. The van der Waals surface area contributed by atoms with Gasteiger partial charge in [-0.15, -0.1) is 0 Å². The van der Waals surface area contributed by atoms with Crippen molar-refractivity contribution in [3.8, 4) is 0 Å². The van der Waals surface area contributed by atoms with Gasteiger partial charge in [-0.1, -0.05) is 13.8 Å². The van der Waals surface area contributed by atoms with Gasteiger partial charge in [-0.3, -0.25) is 0 Å². The molecule has 3 rings (SSSR count).